The van der Waals surface area contributed by atoms with Gasteiger partial charge in [0, 0.05) is 0 Å². The van der Waals surface area contributed by atoms with Crippen molar-refractivity contribution < 1.29 is 38.1 Å². The fourth-order valence-corrected chi connectivity index (χ4v) is 5.40. The second-order valence-electron chi connectivity index (χ2n) is 8.15. The summed E-state index contributed by atoms with van der Waals surface area (Å²) in [5, 5.41) is 28.3. The van der Waals surface area contributed by atoms with E-state index in [0.717, 1.165) is 0 Å². The van der Waals surface area contributed by atoms with Crippen molar-refractivity contribution in [3.63, 3.8) is 0 Å². The zero-order chi connectivity index (χ0) is 26.8. The van der Waals surface area contributed by atoms with Crippen molar-refractivity contribution in [1.82, 2.24) is 19.7 Å². The highest BCUT2D eigenvalue weighted by atomic mass is 31.2. The number of nitrogens with zero attached hydrogens (tertiary/aromatic N) is 4. The normalized spacial score (nSPS) is 25.8. The number of ether oxygens (including phenoxy) is 2. The molecular weight excluding hydrogens is 507 g/mol. The first kappa shape index (κ1) is 26.5. The number of hydrogen-bond acceptors (Lipinski definition) is 11. The number of nitrogens with one attached hydrogen (secondary N) is 1. The Balaban J connectivity index is 1.59. The van der Waals surface area contributed by atoms with E-state index in [4.69, 9.17) is 26.1 Å². The van der Waals surface area contributed by atoms with Gasteiger partial charge in [-0.2, -0.15) is 10.2 Å². The van der Waals surface area contributed by atoms with Crippen LogP contribution in [0.2, 0.25) is 0 Å². The van der Waals surface area contributed by atoms with Crippen molar-refractivity contribution in [3.05, 3.63) is 59.3 Å². The van der Waals surface area contributed by atoms with E-state index in [1.165, 1.54) is 43.1 Å². The molecular formula is C22H26N6O8P+. The van der Waals surface area contributed by atoms with Crippen LogP contribution in [0.5, 0.6) is 5.75 Å². The molecule has 6 atom stereocenters. The molecule has 15 heteroatoms. The Kier molecular flexibility index (Phi) is 7.47. The molecule has 0 radical (unpaired) electrons. The number of nitrogen functional groups attached to an aromatic ring is 1. The van der Waals surface area contributed by atoms with E-state index in [1.54, 1.807) is 24.3 Å². The number of nitrogens with two attached hydrogens (primary N) is 1. The topological polar surface area (TPSA) is 184 Å². The van der Waals surface area contributed by atoms with Gasteiger partial charge in [0.1, 0.15) is 35.8 Å². The fraction of sp³-hybridized carbons (Fsp3) is 0.364. The highest BCUT2D eigenvalue weighted by molar-refractivity contribution is 7.52. The summed E-state index contributed by atoms with van der Waals surface area (Å²) in [4.78, 5) is 19.6. The Hall–Kier alpha value is -3.57. The minimum atomic E-state index is -4.25. The molecule has 4 rings (SSSR count). The Morgan fingerprint density at radius 3 is 2.76 bits per heavy atom. The van der Waals surface area contributed by atoms with E-state index in [-0.39, 0.29) is 17.3 Å². The van der Waals surface area contributed by atoms with Gasteiger partial charge in [0.15, 0.2) is 17.6 Å². The Morgan fingerprint density at radius 2 is 2.08 bits per heavy atom. The number of methoxy groups -OCH3 is 1. The molecule has 0 aliphatic carbocycles. The number of benzene rings is 1. The maximum atomic E-state index is 13.6. The number of carbonyl (C=O) groups is 1. The highest BCUT2D eigenvalue weighted by Gasteiger charge is 2.66. The number of anilines is 1. The molecule has 2 aromatic heterocycles. The summed E-state index contributed by atoms with van der Waals surface area (Å²) < 4.78 is 36.6. The van der Waals surface area contributed by atoms with Gasteiger partial charge in [0.2, 0.25) is 0 Å². The van der Waals surface area contributed by atoms with E-state index < -0.39 is 50.4 Å². The summed E-state index contributed by atoms with van der Waals surface area (Å²) in [7, 11) is -3.07. The summed E-state index contributed by atoms with van der Waals surface area (Å²) in [6, 6.07) is 10.1. The zero-order valence-corrected chi connectivity index (χ0v) is 20.8. The molecule has 3 aromatic rings. The van der Waals surface area contributed by atoms with Crippen molar-refractivity contribution in [1.29, 1.82) is 0 Å². The van der Waals surface area contributed by atoms with Gasteiger partial charge in [0.05, 0.1) is 13.7 Å². The first-order valence-electron chi connectivity index (χ1n) is 11.0. The molecule has 1 fully saturated rings. The van der Waals surface area contributed by atoms with E-state index >= 15 is 0 Å². The molecule has 196 valence electrons. The van der Waals surface area contributed by atoms with Gasteiger partial charge in [-0.1, -0.05) is 18.2 Å². The van der Waals surface area contributed by atoms with Gasteiger partial charge in [-0.25, -0.2) is 14.1 Å². The Morgan fingerprint density at radius 1 is 1.35 bits per heavy atom. The lowest BCUT2D eigenvalue weighted by molar-refractivity contribution is -0.142. The number of hydrogen-bond donors (Lipinski definition) is 4. The zero-order valence-electron chi connectivity index (χ0n) is 19.9. The maximum absolute atomic E-state index is 13.6. The number of rotatable bonds is 9. The van der Waals surface area contributed by atoms with Crippen molar-refractivity contribution in [3.8, 4) is 12.3 Å². The maximum Gasteiger partial charge on any atom is 0.459 e. The van der Waals surface area contributed by atoms with Gasteiger partial charge in [-0.3, -0.25) is 14.1 Å². The van der Waals surface area contributed by atoms with Crippen LogP contribution in [0.15, 0.2) is 48.8 Å². The molecule has 1 aliphatic rings. The van der Waals surface area contributed by atoms with Gasteiger partial charge >= 0.3 is 19.4 Å². The molecule has 0 saturated carbocycles. The smallest absolute Gasteiger partial charge is 0.459 e. The Bertz CT molecular complexity index is 1360. The molecule has 5 N–H and O–H groups in total. The standard InChI is InChI=1S/C22H26N6O8P/c1-13(21(31)33-3)27-37(32,36-14-7-5-4-6-8-14)34-11-16-18(29)19(30)22(24-2,35-16)17-10-9-15-20(23)25-12-26-28(15)17/h2,4-10,12-13,16,18-19,29-30H,11H2,1,3H3,(H,27,32)(H2,23,25,26)/q+1/t13-,16+,18+,19+,22-,37-/m0/s1. The molecule has 37 heavy (non-hydrogen) atoms. The molecule has 0 bridgehead atoms. The van der Waals surface area contributed by atoms with Crippen molar-refractivity contribution in [2.75, 3.05) is 19.5 Å². The minimum absolute atomic E-state index is 0.158. The molecule has 1 aromatic carbocycles. The second kappa shape index (κ2) is 10.4. The molecule has 0 amide bonds. The van der Waals surface area contributed by atoms with Crippen LogP contribution >= 0.6 is 7.75 Å². The third kappa shape index (κ3) is 5.01. The molecule has 14 nitrogen and oxygen atoms in total. The first-order valence-corrected chi connectivity index (χ1v) is 12.6. The molecule has 0 spiro atoms. The van der Waals surface area contributed by atoms with Gasteiger partial charge in [-0.15, -0.1) is 0 Å². The SMILES string of the molecule is C#[N+][C@@]1(c2ccc3c(N)ncnn23)O[C@H](CO[P@@](=O)(N[C@@H](C)C(=O)OC)Oc2ccccc2)[C@@H](O)[C@H]1O. The van der Waals surface area contributed by atoms with Crippen LogP contribution in [0.25, 0.3) is 10.4 Å². The quantitative estimate of drug-likeness (QED) is 0.225. The average molecular weight is 533 g/mol. The van der Waals surface area contributed by atoms with Crippen LogP contribution in [0.1, 0.15) is 12.6 Å². The van der Waals surface area contributed by atoms with E-state index in [1.807, 2.05) is 0 Å². The van der Waals surface area contributed by atoms with Crippen molar-refractivity contribution >= 4 is 25.1 Å². The molecule has 0 unspecified atom stereocenters. The number of esters is 1. The largest absolute Gasteiger partial charge is 0.468 e. The van der Waals surface area contributed by atoms with Crippen LogP contribution in [0.3, 0.4) is 0 Å². The average Bonchev–Trinajstić information content (AvgIpc) is 3.43. The summed E-state index contributed by atoms with van der Waals surface area (Å²) in [6.45, 7) is 6.51. The predicted molar refractivity (Wildman–Crippen MR) is 130 cm³/mol. The second-order valence-corrected chi connectivity index (χ2v) is 9.84. The molecule has 1 aliphatic heterocycles. The van der Waals surface area contributed by atoms with E-state index in [9.17, 15) is 19.6 Å². The van der Waals surface area contributed by atoms with E-state index in [0.29, 0.717) is 5.52 Å². The first-order chi connectivity index (χ1) is 17.6. The number of aromatic nitrogens is 3. The lowest BCUT2D eigenvalue weighted by atomic mass is 10.0. The Labute approximate surface area is 211 Å². The third-order valence-electron chi connectivity index (χ3n) is 5.76. The lowest BCUT2D eigenvalue weighted by Crippen LogP contribution is -2.39. The summed E-state index contributed by atoms with van der Waals surface area (Å²) >= 11 is 0. The van der Waals surface area contributed by atoms with Crippen LogP contribution in [-0.4, -0.2) is 68.9 Å². The summed E-state index contributed by atoms with van der Waals surface area (Å²) in [5.41, 5.74) is 4.46. The van der Waals surface area contributed by atoms with E-state index in [2.05, 4.69) is 24.8 Å². The number of fused-ring (bicyclic) bond motifs is 1. The molecule has 3 heterocycles. The fourth-order valence-electron chi connectivity index (χ4n) is 3.89. The number of aliphatic hydroxyl groups excluding tert-OH is 2. The third-order valence-corrected chi connectivity index (χ3v) is 7.40. The van der Waals surface area contributed by atoms with Crippen LogP contribution < -0.4 is 15.3 Å². The lowest BCUT2D eigenvalue weighted by Gasteiger charge is -2.24. The van der Waals surface area contributed by atoms with Crippen molar-refractivity contribution in [2.24, 2.45) is 0 Å². The number of carbonyl (C=O) groups excluding carboxylic acids is 1. The number of aliphatic hydroxyl groups is 2. The van der Waals surface area contributed by atoms with Gasteiger partial charge < -0.3 is 25.2 Å². The monoisotopic (exact) mass is 533 g/mol. The summed E-state index contributed by atoms with van der Waals surface area (Å²) in [6.07, 6.45) is -3.34. The van der Waals surface area contributed by atoms with Crippen molar-refractivity contribution in [2.45, 2.75) is 37.0 Å². The highest BCUT2D eigenvalue weighted by Crippen LogP contribution is 2.47. The van der Waals surface area contributed by atoms with Gasteiger partial charge in [0.25, 0.3) is 6.57 Å². The number of para-hydroxylation sites is 1. The predicted octanol–water partition coefficient (Wildman–Crippen LogP) is 0.902. The molecule has 1 saturated heterocycles. The van der Waals surface area contributed by atoms with Crippen LogP contribution in [-0.2, 0) is 29.1 Å². The van der Waals surface area contributed by atoms with Crippen LogP contribution in [0.4, 0.5) is 5.82 Å². The van der Waals surface area contributed by atoms with Gasteiger partial charge in [-0.05, 0) is 36.0 Å². The summed E-state index contributed by atoms with van der Waals surface area (Å²) in [5.74, 6) is -0.368. The van der Waals surface area contributed by atoms with Crippen LogP contribution in [0, 0.1) is 6.57 Å². The minimum Gasteiger partial charge on any atom is -0.468 e.